The van der Waals surface area contributed by atoms with Crippen LogP contribution in [0.3, 0.4) is 0 Å². The maximum Gasteiger partial charge on any atom is 0.262 e. The second kappa shape index (κ2) is 8.48. The van der Waals surface area contributed by atoms with Crippen molar-refractivity contribution in [2.24, 2.45) is 0 Å². The molecule has 2 N–H and O–H groups in total. The lowest BCUT2D eigenvalue weighted by Gasteiger charge is -2.08. The van der Waals surface area contributed by atoms with Crippen molar-refractivity contribution in [1.29, 1.82) is 0 Å². The Morgan fingerprint density at radius 3 is 2.54 bits per heavy atom. The lowest BCUT2D eigenvalue weighted by atomic mass is 10.1. The summed E-state index contributed by atoms with van der Waals surface area (Å²) in [7, 11) is 0. The summed E-state index contributed by atoms with van der Waals surface area (Å²) < 4.78 is 1.59. The summed E-state index contributed by atoms with van der Waals surface area (Å²) in [6.45, 7) is 4.51. The average molecular weight is 399 g/mol. The number of nitrogens with one attached hydrogen (secondary N) is 1. The molecule has 28 heavy (non-hydrogen) atoms. The molecule has 0 aliphatic rings. The summed E-state index contributed by atoms with van der Waals surface area (Å²) >= 11 is 5.93. The van der Waals surface area contributed by atoms with Gasteiger partial charge in [0.2, 0.25) is 5.91 Å². The van der Waals surface area contributed by atoms with Crippen LogP contribution in [0.25, 0.3) is 10.9 Å². The van der Waals surface area contributed by atoms with E-state index < -0.39 is 0 Å². The standard InChI is InChI=1S/C22H23ClN2O3/c1-3-4-11-24-21(27)13-18-14(2)25(20-10-9-17(26)12-19(18)20)22(28)15-5-7-16(23)8-6-15/h5-10,12,26H,3-4,11,13H2,1-2H3,(H,24,27). The summed E-state index contributed by atoms with van der Waals surface area (Å²) in [6, 6.07) is 11.5. The number of fused-ring (bicyclic) bond motifs is 1. The summed E-state index contributed by atoms with van der Waals surface area (Å²) in [4.78, 5) is 25.5. The van der Waals surface area contributed by atoms with E-state index in [4.69, 9.17) is 11.6 Å². The second-order valence-electron chi connectivity index (χ2n) is 6.79. The van der Waals surface area contributed by atoms with Crippen LogP contribution in [-0.2, 0) is 11.2 Å². The van der Waals surface area contributed by atoms with Crippen LogP contribution in [0.4, 0.5) is 0 Å². The number of aromatic nitrogens is 1. The van der Waals surface area contributed by atoms with Gasteiger partial charge < -0.3 is 10.4 Å². The van der Waals surface area contributed by atoms with E-state index in [1.807, 2.05) is 6.92 Å². The van der Waals surface area contributed by atoms with Gasteiger partial charge in [-0.1, -0.05) is 24.9 Å². The first-order valence-electron chi connectivity index (χ1n) is 9.32. The summed E-state index contributed by atoms with van der Waals surface area (Å²) in [5.74, 6) is -0.211. The highest BCUT2D eigenvalue weighted by molar-refractivity contribution is 6.30. The molecule has 0 aliphatic carbocycles. The first-order valence-corrected chi connectivity index (χ1v) is 9.70. The first kappa shape index (κ1) is 20.0. The Labute approximate surface area is 168 Å². The average Bonchev–Trinajstić information content (AvgIpc) is 2.93. The van der Waals surface area contributed by atoms with Gasteiger partial charge in [-0.15, -0.1) is 0 Å². The van der Waals surface area contributed by atoms with Crippen LogP contribution in [0.2, 0.25) is 5.02 Å². The minimum absolute atomic E-state index is 0.0937. The number of benzene rings is 2. The fourth-order valence-corrected chi connectivity index (χ4v) is 3.43. The van der Waals surface area contributed by atoms with E-state index in [2.05, 4.69) is 12.2 Å². The van der Waals surface area contributed by atoms with E-state index in [1.54, 1.807) is 47.0 Å². The molecule has 3 aromatic rings. The molecule has 0 saturated carbocycles. The van der Waals surface area contributed by atoms with Gasteiger partial charge in [0.1, 0.15) is 5.75 Å². The van der Waals surface area contributed by atoms with Gasteiger partial charge in [-0.2, -0.15) is 0 Å². The number of halogens is 1. The molecule has 0 spiro atoms. The van der Waals surface area contributed by atoms with Gasteiger partial charge in [0.05, 0.1) is 11.9 Å². The molecule has 0 fully saturated rings. The molecule has 1 amide bonds. The van der Waals surface area contributed by atoms with Crippen molar-refractivity contribution in [3.63, 3.8) is 0 Å². The molecule has 2 aromatic carbocycles. The number of carbonyl (C=O) groups is 2. The van der Waals surface area contributed by atoms with Gasteiger partial charge in [0.25, 0.3) is 5.91 Å². The van der Waals surface area contributed by atoms with Crippen LogP contribution in [0, 0.1) is 6.92 Å². The van der Waals surface area contributed by atoms with Crippen molar-refractivity contribution in [3.8, 4) is 5.75 Å². The molecule has 1 heterocycles. The fourth-order valence-electron chi connectivity index (χ4n) is 3.31. The molecular weight excluding hydrogens is 376 g/mol. The largest absolute Gasteiger partial charge is 0.508 e. The van der Waals surface area contributed by atoms with Crippen molar-refractivity contribution in [3.05, 3.63) is 64.3 Å². The number of rotatable bonds is 6. The van der Waals surface area contributed by atoms with Crippen LogP contribution in [0.1, 0.15) is 41.4 Å². The van der Waals surface area contributed by atoms with E-state index in [0.717, 1.165) is 18.4 Å². The molecule has 0 atom stereocenters. The third-order valence-corrected chi connectivity index (χ3v) is 5.05. The summed E-state index contributed by atoms with van der Waals surface area (Å²) in [5.41, 5.74) is 2.58. The van der Waals surface area contributed by atoms with Crippen molar-refractivity contribution >= 4 is 34.3 Å². The normalized spacial score (nSPS) is 11.0. The van der Waals surface area contributed by atoms with Crippen LogP contribution in [-0.4, -0.2) is 28.0 Å². The minimum atomic E-state index is -0.206. The van der Waals surface area contributed by atoms with Gasteiger partial charge in [0, 0.05) is 28.2 Å². The van der Waals surface area contributed by atoms with Crippen molar-refractivity contribution in [2.75, 3.05) is 6.54 Å². The second-order valence-corrected chi connectivity index (χ2v) is 7.23. The molecule has 0 saturated heterocycles. The zero-order valence-corrected chi connectivity index (χ0v) is 16.7. The van der Waals surface area contributed by atoms with Gasteiger partial charge in [-0.25, -0.2) is 0 Å². The number of nitrogens with zero attached hydrogens (tertiary/aromatic N) is 1. The van der Waals surface area contributed by atoms with Crippen molar-refractivity contribution in [1.82, 2.24) is 9.88 Å². The van der Waals surface area contributed by atoms with E-state index in [1.165, 1.54) is 0 Å². The molecule has 0 unspecified atom stereocenters. The number of aromatic hydroxyl groups is 1. The van der Waals surface area contributed by atoms with Crippen LogP contribution in [0.15, 0.2) is 42.5 Å². The smallest absolute Gasteiger partial charge is 0.262 e. The predicted molar refractivity (Wildman–Crippen MR) is 111 cm³/mol. The van der Waals surface area contributed by atoms with Gasteiger partial charge in [0.15, 0.2) is 0 Å². The number of phenols is 1. The highest BCUT2D eigenvalue weighted by Gasteiger charge is 2.21. The molecule has 3 rings (SSSR count). The number of unbranched alkanes of at least 4 members (excludes halogenated alkanes) is 1. The monoisotopic (exact) mass is 398 g/mol. The number of carbonyl (C=O) groups excluding carboxylic acids is 2. The molecule has 0 radical (unpaired) electrons. The highest BCUT2D eigenvalue weighted by Crippen LogP contribution is 2.30. The zero-order valence-electron chi connectivity index (χ0n) is 16.0. The van der Waals surface area contributed by atoms with Crippen LogP contribution in [0.5, 0.6) is 5.75 Å². The minimum Gasteiger partial charge on any atom is -0.508 e. The fraction of sp³-hybridized carbons (Fsp3) is 0.273. The molecule has 6 heteroatoms. The third-order valence-electron chi connectivity index (χ3n) is 4.80. The Morgan fingerprint density at radius 1 is 1.14 bits per heavy atom. The maximum atomic E-state index is 13.1. The first-order chi connectivity index (χ1) is 13.4. The molecule has 0 bridgehead atoms. The highest BCUT2D eigenvalue weighted by atomic mass is 35.5. The Hall–Kier alpha value is -2.79. The summed E-state index contributed by atoms with van der Waals surface area (Å²) in [6.07, 6.45) is 2.07. The molecule has 0 aliphatic heterocycles. The van der Waals surface area contributed by atoms with Crippen LogP contribution >= 0.6 is 11.6 Å². The number of hydrogen-bond acceptors (Lipinski definition) is 3. The Kier molecular flexibility index (Phi) is 6.05. The van der Waals surface area contributed by atoms with E-state index in [-0.39, 0.29) is 24.0 Å². The van der Waals surface area contributed by atoms with Gasteiger partial charge >= 0.3 is 0 Å². The molecule has 1 aromatic heterocycles. The Morgan fingerprint density at radius 2 is 1.86 bits per heavy atom. The van der Waals surface area contributed by atoms with Gasteiger partial charge in [-0.05, 0) is 61.4 Å². The van der Waals surface area contributed by atoms with E-state index >= 15 is 0 Å². The van der Waals surface area contributed by atoms with Gasteiger partial charge in [-0.3, -0.25) is 14.2 Å². The number of amides is 1. The lowest BCUT2D eigenvalue weighted by Crippen LogP contribution is -2.26. The van der Waals surface area contributed by atoms with Crippen molar-refractivity contribution in [2.45, 2.75) is 33.1 Å². The van der Waals surface area contributed by atoms with E-state index in [9.17, 15) is 14.7 Å². The summed E-state index contributed by atoms with van der Waals surface area (Å²) in [5, 5.41) is 14.1. The Balaban J connectivity index is 2.04. The maximum absolute atomic E-state index is 13.1. The Bertz CT molecular complexity index is 1020. The van der Waals surface area contributed by atoms with Crippen molar-refractivity contribution < 1.29 is 14.7 Å². The number of hydrogen-bond donors (Lipinski definition) is 2. The third kappa shape index (κ3) is 4.04. The number of phenolic OH excluding ortho intramolecular Hbond substituents is 1. The lowest BCUT2D eigenvalue weighted by molar-refractivity contribution is -0.120. The SMILES string of the molecule is CCCCNC(=O)Cc1c(C)n(C(=O)c2ccc(Cl)cc2)c2ccc(O)cc12. The van der Waals surface area contributed by atoms with Crippen LogP contribution < -0.4 is 5.32 Å². The molecule has 146 valence electrons. The molecular formula is C22H23ClN2O3. The van der Waals surface area contributed by atoms with E-state index in [0.29, 0.717) is 33.7 Å². The molecule has 5 nitrogen and oxygen atoms in total. The topological polar surface area (TPSA) is 71.3 Å². The zero-order chi connectivity index (χ0) is 20.3. The predicted octanol–water partition coefficient (Wildman–Crippen LogP) is 4.46. The quantitative estimate of drug-likeness (QED) is 0.602.